The molecule has 1 unspecified atom stereocenters. The average Bonchev–Trinajstić information content (AvgIpc) is 2.55. The molecule has 2 aromatic carbocycles. The van der Waals surface area contributed by atoms with Crippen LogP contribution >= 0.6 is 0 Å². The number of carbonyl (C=O) groups excluding carboxylic acids is 1. The summed E-state index contributed by atoms with van der Waals surface area (Å²) >= 11 is 0. The Labute approximate surface area is 132 Å². The third-order valence-electron chi connectivity index (χ3n) is 4.26. The summed E-state index contributed by atoms with van der Waals surface area (Å²) in [6.07, 6.45) is 3.30. The van der Waals surface area contributed by atoms with Crippen LogP contribution in [-0.2, 0) is 4.79 Å². The molecule has 0 amide bonds. The number of methoxy groups -OCH3 is 1. The van der Waals surface area contributed by atoms with Gasteiger partial charge < -0.3 is 4.74 Å². The van der Waals surface area contributed by atoms with Gasteiger partial charge in [-0.2, -0.15) is 0 Å². The largest absolute Gasteiger partial charge is 0.497 e. The number of hydrogen-bond donors (Lipinski definition) is 0. The van der Waals surface area contributed by atoms with E-state index in [1.54, 1.807) is 13.2 Å². The van der Waals surface area contributed by atoms with Crippen LogP contribution in [0.2, 0.25) is 0 Å². The monoisotopic (exact) mass is 290 g/mol. The van der Waals surface area contributed by atoms with E-state index in [0.29, 0.717) is 6.42 Å². The van der Waals surface area contributed by atoms with Crippen LogP contribution in [0.25, 0.3) is 5.57 Å². The van der Waals surface area contributed by atoms with Crippen molar-refractivity contribution in [2.24, 2.45) is 0 Å². The van der Waals surface area contributed by atoms with E-state index in [1.807, 2.05) is 24.3 Å². The quantitative estimate of drug-likeness (QED) is 0.812. The van der Waals surface area contributed by atoms with Crippen molar-refractivity contribution >= 4 is 24.7 Å². The average molecular weight is 290 g/mol. The van der Waals surface area contributed by atoms with Crippen molar-refractivity contribution in [2.45, 2.75) is 18.8 Å². The van der Waals surface area contributed by atoms with Crippen LogP contribution in [0.1, 0.15) is 29.9 Å². The highest BCUT2D eigenvalue weighted by molar-refractivity contribution is 6.32. The Bertz CT molecular complexity index is 699. The van der Waals surface area contributed by atoms with Gasteiger partial charge in [0.1, 0.15) is 13.6 Å². The Morgan fingerprint density at radius 1 is 1.00 bits per heavy atom. The Morgan fingerprint density at radius 3 is 2.32 bits per heavy atom. The lowest BCUT2D eigenvalue weighted by atomic mass is 9.80. The van der Waals surface area contributed by atoms with Gasteiger partial charge in [0.15, 0.2) is 5.78 Å². The fraction of sp³-hybridized carbons (Fsp3) is 0.211. The standard InChI is InChI=1S/C19H19BO2/c1-22-19-8-4-14(5-9-19)16-10-15(11-18(21)12-16)13-2-6-17(20)7-3-13/h2-9,12,15H,10-11,20H2,1H3. The van der Waals surface area contributed by atoms with Gasteiger partial charge in [-0.05, 0) is 47.2 Å². The minimum absolute atomic E-state index is 0.211. The molecule has 3 rings (SSSR count). The van der Waals surface area contributed by atoms with E-state index in [1.165, 1.54) is 11.0 Å². The predicted octanol–water partition coefficient (Wildman–Crippen LogP) is 2.48. The first-order chi connectivity index (χ1) is 10.7. The fourth-order valence-electron chi connectivity index (χ4n) is 2.97. The molecule has 3 heteroatoms. The molecular formula is C19H19BO2. The molecule has 0 aliphatic heterocycles. The van der Waals surface area contributed by atoms with Crippen molar-refractivity contribution in [3.8, 4) is 5.75 Å². The minimum atomic E-state index is 0.211. The highest BCUT2D eigenvalue weighted by Gasteiger charge is 2.22. The first-order valence-electron chi connectivity index (χ1n) is 7.60. The number of ketones is 1. The van der Waals surface area contributed by atoms with Gasteiger partial charge in [0.25, 0.3) is 0 Å². The second-order valence-corrected chi connectivity index (χ2v) is 5.88. The maximum absolute atomic E-state index is 12.1. The molecule has 110 valence electrons. The molecule has 22 heavy (non-hydrogen) atoms. The van der Waals surface area contributed by atoms with Crippen LogP contribution in [-0.4, -0.2) is 20.7 Å². The normalized spacial score (nSPS) is 18.0. The molecule has 0 aromatic heterocycles. The highest BCUT2D eigenvalue weighted by atomic mass is 16.5. The van der Waals surface area contributed by atoms with Crippen molar-refractivity contribution < 1.29 is 9.53 Å². The molecule has 2 aromatic rings. The molecule has 1 atom stereocenters. The predicted molar refractivity (Wildman–Crippen MR) is 92.6 cm³/mol. The van der Waals surface area contributed by atoms with E-state index in [4.69, 9.17) is 4.74 Å². The Balaban J connectivity index is 1.85. The van der Waals surface area contributed by atoms with E-state index < -0.39 is 0 Å². The lowest BCUT2D eigenvalue weighted by Crippen LogP contribution is -2.13. The lowest BCUT2D eigenvalue weighted by Gasteiger charge is -2.23. The molecule has 1 aliphatic carbocycles. The second kappa shape index (κ2) is 6.23. The molecule has 2 nitrogen and oxygen atoms in total. The summed E-state index contributed by atoms with van der Waals surface area (Å²) in [4.78, 5) is 12.1. The maximum Gasteiger partial charge on any atom is 0.156 e. The lowest BCUT2D eigenvalue weighted by molar-refractivity contribution is -0.115. The van der Waals surface area contributed by atoms with Crippen LogP contribution in [0, 0.1) is 0 Å². The molecule has 0 fully saturated rings. The maximum atomic E-state index is 12.1. The highest BCUT2D eigenvalue weighted by Crippen LogP contribution is 2.36. The summed E-state index contributed by atoms with van der Waals surface area (Å²) in [6.45, 7) is 0. The molecule has 0 heterocycles. The topological polar surface area (TPSA) is 26.3 Å². The summed E-state index contributed by atoms with van der Waals surface area (Å²) in [5.41, 5.74) is 4.71. The fourth-order valence-corrected chi connectivity index (χ4v) is 2.97. The number of allylic oxidation sites excluding steroid dienone is 2. The zero-order valence-electron chi connectivity index (χ0n) is 13.0. The number of carbonyl (C=O) groups is 1. The molecule has 0 bridgehead atoms. The van der Waals surface area contributed by atoms with Crippen molar-refractivity contribution in [3.63, 3.8) is 0 Å². The summed E-state index contributed by atoms with van der Waals surface area (Å²) in [5.74, 6) is 1.32. The molecule has 0 saturated heterocycles. The molecule has 0 N–H and O–H groups in total. The van der Waals surface area contributed by atoms with Gasteiger partial charge in [0.05, 0.1) is 7.11 Å². The SMILES string of the molecule is Bc1ccc(C2CC(=O)C=C(c3ccc(OC)cc3)C2)cc1. The van der Waals surface area contributed by atoms with Gasteiger partial charge in [0.2, 0.25) is 0 Å². The van der Waals surface area contributed by atoms with Gasteiger partial charge >= 0.3 is 0 Å². The summed E-state index contributed by atoms with van der Waals surface area (Å²) in [7, 11) is 3.74. The van der Waals surface area contributed by atoms with Gasteiger partial charge in [-0.3, -0.25) is 4.79 Å². The van der Waals surface area contributed by atoms with E-state index in [0.717, 1.165) is 23.3 Å². The van der Waals surface area contributed by atoms with Crippen molar-refractivity contribution in [2.75, 3.05) is 7.11 Å². The number of benzene rings is 2. The van der Waals surface area contributed by atoms with E-state index in [-0.39, 0.29) is 11.7 Å². The van der Waals surface area contributed by atoms with Gasteiger partial charge in [-0.15, -0.1) is 0 Å². The Morgan fingerprint density at radius 2 is 1.68 bits per heavy atom. The Hall–Kier alpha value is -2.29. The van der Waals surface area contributed by atoms with E-state index >= 15 is 0 Å². The van der Waals surface area contributed by atoms with E-state index in [9.17, 15) is 4.79 Å². The summed E-state index contributed by atoms with van der Waals surface area (Å²) < 4.78 is 5.19. The van der Waals surface area contributed by atoms with Gasteiger partial charge in [-0.1, -0.05) is 41.9 Å². The Kier molecular flexibility index (Phi) is 4.14. The summed E-state index contributed by atoms with van der Waals surface area (Å²) in [5, 5.41) is 0. The number of ether oxygens (including phenoxy) is 1. The molecule has 1 aliphatic rings. The van der Waals surface area contributed by atoms with Crippen molar-refractivity contribution in [1.82, 2.24) is 0 Å². The molecular weight excluding hydrogens is 271 g/mol. The minimum Gasteiger partial charge on any atom is -0.497 e. The van der Waals surface area contributed by atoms with Crippen LogP contribution in [0.5, 0.6) is 5.75 Å². The van der Waals surface area contributed by atoms with Crippen LogP contribution in [0.3, 0.4) is 0 Å². The first-order valence-corrected chi connectivity index (χ1v) is 7.60. The molecule has 0 radical (unpaired) electrons. The van der Waals surface area contributed by atoms with Crippen LogP contribution in [0.4, 0.5) is 0 Å². The molecule has 0 spiro atoms. The summed E-state index contributed by atoms with van der Waals surface area (Å²) in [6, 6.07) is 16.4. The van der Waals surface area contributed by atoms with E-state index in [2.05, 4.69) is 32.1 Å². The smallest absolute Gasteiger partial charge is 0.156 e. The first kappa shape index (κ1) is 14.6. The number of rotatable bonds is 3. The zero-order chi connectivity index (χ0) is 15.5. The third-order valence-corrected chi connectivity index (χ3v) is 4.26. The zero-order valence-corrected chi connectivity index (χ0v) is 13.0. The van der Waals surface area contributed by atoms with Gasteiger partial charge in [-0.25, -0.2) is 0 Å². The van der Waals surface area contributed by atoms with Crippen molar-refractivity contribution in [1.29, 1.82) is 0 Å². The van der Waals surface area contributed by atoms with Crippen LogP contribution in [0.15, 0.2) is 54.6 Å². The van der Waals surface area contributed by atoms with Crippen molar-refractivity contribution in [3.05, 3.63) is 65.7 Å². The van der Waals surface area contributed by atoms with Crippen LogP contribution < -0.4 is 10.2 Å². The number of hydrogen-bond acceptors (Lipinski definition) is 2. The third kappa shape index (κ3) is 3.14. The van der Waals surface area contributed by atoms with Gasteiger partial charge in [0, 0.05) is 6.42 Å². The second-order valence-electron chi connectivity index (χ2n) is 5.88. The molecule has 0 saturated carbocycles.